The smallest absolute Gasteiger partial charge is 0.242 e. The van der Waals surface area contributed by atoms with E-state index < -0.39 is 5.41 Å². The lowest BCUT2D eigenvalue weighted by molar-refractivity contribution is -0.136. The number of hydrogen-bond donors (Lipinski definition) is 1. The van der Waals surface area contributed by atoms with E-state index in [-0.39, 0.29) is 11.8 Å². The van der Waals surface area contributed by atoms with Crippen molar-refractivity contribution in [3.05, 3.63) is 59.1 Å². The number of halogens is 1. The second-order valence-corrected chi connectivity index (χ2v) is 6.86. The van der Waals surface area contributed by atoms with Crippen molar-refractivity contribution in [2.24, 2.45) is 5.41 Å². The Balaban J connectivity index is 1.80. The first kappa shape index (κ1) is 16.5. The molecule has 5 heteroatoms. The van der Waals surface area contributed by atoms with Crippen LogP contribution in [0.15, 0.2) is 48.5 Å². The minimum Gasteiger partial charge on any atom is -0.325 e. The van der Waals surface area contributed by atoms with Crippen molar-refractivity contribution in [2.75, 3.05) is 16.8 Å². The Kier molecular flexibility index (Phi) is 4.33. The molecule has 0 atom stereocenters. The maximum absolute atomic E-state index is 13.0. The van der Waals surface area contributed by atoms with Gasteiger partial charge in [-0.25, -0.2) is 0 Å². The van der Waals surface area contributed by atoms with Crippen LogP contribution in [0.5, 0.6) is 0 Å². The van der Waals surface area contributed by atoms with E-state index in [9.17, 15) is 9.59 Å². The minimum absolute atomic E-state index is 0.202. The molecule has 24 heavy (non-hydrogen) atoms. The molecular weight excluding hydrogens is 324 g/mol. The van der Waals surface area contributed by atoms with Crippen LogP contribution in [0, 0.1) is 5.41 Å². The van der Waals surface area contributed by atoms with Gasteiger partial charge in [-0.15, -0.1) is 0 Å². The van der Waals surface area contributed by atoms with Gasteiger partial charge in [-0.3, -0.25) is 9.59 Å². The van der Waals surface area contributed by atoms with Crippen molar-refractivity contribution < 1.29 is 9.59 Å². The molecule has 124 valence electrons. The number of fused-ring (bicyclic) bond motifs is 1. The molecular formula is C19H19ClN2O2. The van der Waals surface area contributed by atoms with Crippen molar-refractivity contribution in [1.29, 1.82) is 0 Å². The second kappa shape index (κ2) is 6.29. The Bertz CT molecular complexity index is 801. The zero-order valence-corrected chi connectivity index (χ0v) is 14.4. The molecule has 0 aliphatic carbocycles. The Labute approximate surface area is 146 Å². The molecule has 2 amide bonds. The molecule has 0 radical (unpaired) electrons. The monoisotopic (exact) mass is 342 g/mol. The fraction of sp³-hybridized carbons (Fsp3) is 0.263. The zero-order valence-electron chi connectivity index (χ0n) is 13.7. The third-order valence-electron chi connectivity index (χ3n) is 4.32. The number of nitrogens with zero attached hydrogens (tertiary/aromatic N) is 1. The van der Waals surface area contributed by atoms with Crippen LogP contribution in [0.25, 0.3) is 0 Å². The van der Waals surface area contributed by atoms with Crippen LogP contribution < -0.4 is 10.2 Å². The maximum Gasteiger partial charge on any atom is 0.242 e. The summed E-state index contributed by atoms with van der Waals surface area (Å²) < 4.78 is 0. The van der Waals surface area contributed by atoms with Crippen LogP contribution in [0.4, 0.5) is 11.4 Å². The van der Waals surface area contributed by atoms with Gasteiger partial charge in [0.2, 0.25) is 11.8 Å². The van der Waals surface area contributed by atoms with Crippen LogP contribution >= 0.6 is 11.6 Å². The summed E-state index contributed by atoms with van der Waals surface area (Å²) in [4.78, 5) is 27.3. The van der Waals surface area contributed by atoms with Gasteiger partial charge in [0.1, 0.15) is 5.41 Å². The molecule has 1 aliphatic rings. The maximum atomic E-state index is 13.0. The van der Waals surface area contributed by atoms with E-state index in [0.29, 0.717) is 17.3 Å². The number of nitrogens with one attached hydrogen (secondary N) is 1. The number of para-hydroxylation sites is 1. The summed E-state index contributed by atoms with van der Waals surface area (Å²) in [5, 5.41) is 3.31. The van der Waals surface area contributed by atoms with E-state index in [0.717, 1.165) is 17.7 Å². The molecule has 0 unspecified atom stereocenters. The number of carbonyl (C=O) groups excluding carboxylic acids is 2. The molecule has 0 bridgehead atoms. The van der Waals surface area contributed by atoms with Crippen LogP contribution in [-0.2, 0) is 16.0 Å². The van der Waals surface area contributed by atoms with E-state index in [4.69, 9.17) is 11.6 Å². The SMILES string of the molecule is CC(C)(C(=O)Nc1cccc(Cl)c1)C(=O)N1CCc2ccccc21. The third kappa shape index (κ3) is 3.02. The van der Waals surface area contributed by atoms with Crippen molar-refractivity contribution in [3.63, 3.8) is 0 Å². The van der Waals surface area contributed by atoms with Gasteiger partial charge in [-0.1, -0.05) is 35.9 Å². The molecule has 1 aliphatic heterocycles. The fourth-order valence-electron chi connectivity index (χ4n) is 2.84. The Morgan fingerprint density at radius 3 is 2.62 bits per heavy atom. The van der Waals surface area contributed by atoms with Gasteiger partial charge in [0.25, 0.3) is 0 Å². The lowest BCUT2D eigenvalue weighted by atomic mass is 9.90. The normalized spacial score (nSPS) is 13.5. The van der Waals surface area contributed by atoms with E-state index >= 15 is 0 Å². The molecule has 0 fully saturated rings. The fourth-order valence-corrected chi connectivity index (χ4v) is 3.03. The van der Waals surface area contributed by atoms with Crippen molar-refractivity contribution in [3.8, 4) is 0 Å². The predicted molar refractivity (Wildman–Crippen MR) is 96.4 cm³/mol. The molecule has 2 aromatic rings. The standard InChI is InChI=1S/C19H19ClN2O2/c1-19(2,17(23)21-15-8-5-7-14(20)12-15)18(24)22-11-10-13-6-3-4-9-16(13)22/h3-9,12H,10-11H2,1-2H3,(H,21,23). The number of anilines is 2. The largest absolute Gasteiger partial charge is 0.325 e. The highest BCUT2D eigenvalue weighted by molar-refractivity contribution is 6.31. The van der Waals surface area contributed by atoms with Gasteiger partial charge in [-0.2, -0.15) is 0 Å². The summed E-state index contributed by atoms with van der Waals surface area (Å²) in [5.74, 6) is -0.550. The van der Waals surface area contributed by atoms with Gasteiger partial charge in [-0.05, 0) is 50.1 Å². The number of hydrogen-bond acceptors (Lipinski definition) is 2. The molecule has 1 N–H and O–H groups in total. The molecule has 0 saturated heterocycles. The van der Waals surface area contributed by atoms with Crippen molar-refractivity contribution in [2.45, 2.75) is 20.3 Å². The lowest BCUT2D eigenvalue weighted by Gasteiger charge is -2.28. The van der Waals surface area contributed by atoms with Crippen LogP contribution in [0.1, 0.15) is 19.4 Å². The highest BCUT2D eigenvalue weighted by atomic mass is 35.5. The lowest BCUT2D eigenvalue weighted by Crippen LogP contribution is -2.47. The third-order valence-corrected chi connectivity index (χ3v) is 4.55. The zero-order chi connectivity index (χ0) is 17.3. The van der Waals surface area contributed by atoms with E-state index in [2.05, 4.69) is 5.32 Å². The topological polar surface area (TPSA) is 49.4 Å². The highest BCUT2D eigenvalue weighted by Crippen LogP contribution is 2.32. The minimum atomic E-state index is -1.18. The summed E-state index contributed by atoms with van der Waals surface area (Å²) in [7, 11) is 0. The van der Waals surface area contributed by atoms with Gasteiger partial charge in [0, 0.05) is 22.9 Å². The van der Waals surface area contributed by atoms with Crippen LogP contribution in [0.2, 0.25) is 5.02 Å². The average molecular weight is 343 g/mol. The van der Waals surface area contributed by atoms with E-state index in [1.165, 1.54) is 0 Å². The van der Waals surface area contributed by atoms with Gasteiger partial charge in [0.05, 0.1) is 0 Å². The summed E-state index contributed by atoms with van der Waals surface area (Å²) in [6.45, 7) is 3.90. The molecule has 3 rings (SSSR count). The Morgan fingerprint density at radius 1 is 1.12 bits per heavy atom. The van der Waals surface area contributed by atoms with Crippen LogP contribution in [-0.4, -0.2) is 18.4 Å². The summed E-state index contributed by atoms with van der Waals surface area (Å²) in [6, 6.07) is 14.7. The summed E-state index contributed by atoms with van der Waals surface area (Å²) in [6.07, 6.45) is 0.813. The average Bonchev–Trinajstić information content (AvgIpc) is 2.98. The summed E-state index contributed by atoms with van der Waals surface area (Å²) in [5.41, 5.74) is 1.43. The number of benzene rings is 2. The summed E-state index contributed by atoms with van der Waals surface area (Å²) >= 11 is 5.94. The highest BCUT2D eigenvalue weighted by Gasteiger charge is 2.41. The van der Waals surface area contributed by atoms with Gasteiger partial charge in [0.15, 0.2) is 0 Å². The van der Waals surface area contributed by atoms with Gasteiger partial charge >= 0.3 is 0 Å². The predicted octanol–water partition coefficient (Wildman–Crippen LogP) is 3.89. The molecule has 0 saturated carbocycles. The molecule has 0 spiro atoms. The van der Waals surface area contributed by atoms with E-state index in [1.54, 1.807) is 43.0 Å². The Morgan fingerprint density at radius 2 is 1.88 bits per heavy atom. The molecule has 2 aromatic carbocycles. The number of amides is 2. The second-order valence-electron chi connectivity index (χ2n) is 6.42. The Hall–Kier alpha value is -2.33. The van der Waals surface area contributed by atoms with Crippen molar-refractivity contribution in [1.82, 2.24) is 0 Å². The number of rotatable bonds is 3. The molecule has 0 aromatic heterocycles. The molecule has 4 nitrogen and oxygen atoms in total. The first-order chi connectivity index (χ1) is 11.4. The van der Waals surface area contributed by atoms with Gasteiger partial charge < -0.3 is 10.2 Å². The van der Waals surface area contributed by atoms with E-state index in [1.807, 2.05) is 24.3 Å². The first-order valence-electron chi connectivity index (χ1n) is 7.86. The van der Waals surface area contributed by atoms with Crippen molar-refractivity contribution >= 4 is 34.8 Å². The number of carbonyl (C=O) groups is 2. The first-order valence-corrected chi connectivity index (χ1v) is 8.24. The quantitative estimate of drug-likeness (QED) is 0.860. The van der Waals surface area contributed by atoms with Crippen LogP contribution in [0.3, 0.4) is 0 Å². The molecule has 1 heterocycles.